The first-order chi connectivity index (χ1) is 29.3. The normalized spacial score (nSPS) is 11.7. The maximum atomic E-state index is 6.47. The molecule has 0 saturated heterocycles. The summed E-state index contributed by atoms with van der Waals surface area (Å²) >= 11 is 1.85. The van der Waals surface area contributed by atoms with E-state index in [1.807, 2.05) is 23.5 Å². The number of para-hydroxylation sites is 2. The van der Waals surface area contributed by atoms with Crippen molar-refractivity contribution in [1.82, 2.24) is 0 Å². The molecule has 10 aromatic carbocycles. The molecule has 12 rings (SSSR count). The Hall–Kier alpha value is -7.46. The van der Waals surface area contributed by atoms with Crippen LogP contribution in [0.25, 0.3) is 97.0 Å². The van der Waals surface area contributed by atoms with Gasteiger partial charge >= 0.3 is 0 Å². The number of nitrogens with zero attached hydrogens (tertiary/aromatic N) is 1. The Balaban J connectivity index is 1.18. The van der Waals surface area contributed by atoms with Gasteiger partial charge in [-0.2, -0.15) is 0 Å². The molecule has 2 aromatic heterocycles. The highest BCUT2D eigenvalue weighted by Crippen LogP contribution is 2.51. The van der Waals surface area contributed by atoms with E-state index in [0.717, 1.165) is 66.8 Å². The van der Waals surface area contributed by atoms with Crippen LogP contribution in [0.4, 0.5) is 17.1 Å². The standard InChI is InChI=1S/C56H35NOS/c1-2-15-36(16-3-1)42-31-29-38(48-33-37-17-4-5-18-40(37)43-20-6-7-21-44(43)48)34-51(42)57(50-25-14-28-55-56(50)47-23-10-13-27-54(47)59-55)49-24-11-8-19-41(49)39-30-32-46-45-22-9-12-26-52(45)58-53(46)35-39/h1-35H. The highest BCUT2D eigenvalue weighted by molar-refractivity contribution is 7.26. The van der Waals surface area contributed by atoms with Crippen LogP contribution in [0.2, 0.25) is 0 Å². The summed E-state index contributed by atoms with van der Waals surface area (Å²) < 4.78 is 9.01. The van der Waals surface area contributed by atoms with E-state index in [-0.39, 0.29) is 0 Å². The predicted molar refractivity (Wildman–Crippen MR) is 253 cm³/mol. The van der Waals surface area contributed by atoms with Crippen molar-refractivity contribution in [2.75, 3.05) is 4.90 Å². The fourth-order valence-corrected chi connectivity index (χ4v) is 10.3. The smallest absolute Gasteiger partial charge is 0.136 e. The predicted octanol–water partition coefficient (Wildman–Crippen LogP) is 16.7. The second kappa shape index (κ2) is 13.6. The van der Waals surface area contributed by atoms with Gasteiger partial charge in [-0.15, -0.1) is 11.3 Å². The largest absolute Gasteiger partial charge is 0.456 e. The minimum Gasteiger partial charge on any atom is -0.456 e. The molecule has 2 heterocycles. The van der Waals surface area contributed by atoms with Crippen LogP contribution in [0.3, 0.4) is 0 Å². The van der Waals surface area contributed by atoms with Gasteiger partial charge in [0.15, 0.2) is 0 Å². The van der Waals surface area contributed by atoms with Gasteiger partial charge in [0.2, 0.25) is 0 Å². The zero-order valence-electron chi connectivity index (χ0n) is 32.0. The summed E-state index contributed by atoms with van der Waals surface area (Å²) in [6, 6.07) is 77.2. The zero-order chi connectivity index (χ0) is 38.9. The van der Waals surface area contributed by atoms with Crippen LogP contribution >= 0.6 is 11.3 Å². The lowest BCUT2D eigenvalue weighted by molar-refractivity contribution is 0.669. The molecule has 0 aliphatic heterocycles. The van der Waals surface area contributed by atoms with E-state index >= 15 is 0 Å². The van der Waals surface area contributed by atoms with E-state index in [4.69, 9.17) is 4.42 Å². The Kier molecular flexibility index (Phi) is 7.75. The summed E-state index contributed by atoms with van der Waals surface area (Å²) in [6.07, 6.45) is 0. The summed E-state index contributed by atoms with van der Waals surface area (Å²) in [5.41, 5.74) is 12.0. The zero-order valence-corrected chi connectivity index (χ0v) is 32.8. The second-order valence-electron chi connectivity index (χ2n) is 15.2. The average molecular weight is 770 g/mol. The van der Waals surface area contributed by atoms with Crippen LogP contribution in [-0.2, 0) is 0 Å². The highest BCUT2D eigenvalue weighted by atomic mass is 32.1. The first kappa shape index (κ1) is 33.7. The topological polar surface area (TPSA) is 16.4 Å². The fourth-order valence-electron chi connectivity index (χ4n) is 9.18. The third kappa shape index (κ3) is 5.47. The molecule has 0 bridgehead atoms. The molecular weight excluding hydrogens is 735 g/mol. The quantitative estimate of drug-likeness (QED) is 0.157. The minimum absolute atomic E-state index is 0.881. The number of hydrogen-bond acceptors (Lipinski definition) is 3. The third-order valence-electron chi connectivity index (χ3n) is 11.9. The molecule has 276 valence electrons. The maximum absolute atomic E-state index is 6.47. The van der Waals surface area contributed by atoms with Crippen LogP contribution in [0.1, 0.15) is 0 Å². The summed E-state index contributed by atoms with van der Waals surface area (Å²) in [5, 5.41) is 9.74. The van der Waals surface area contributed by atoms with Crippen molar-refractivity contribution >= 4 is 92.1 Å². The number of thiophene rings is 1. The monoisotopic (exact) mass is 769 g/mol. The van der Waals surface area contributed by atoms with Crippen molar-refractivity contribution in [3.63, 3.8) is 0 Å². The van der Waals surface area contributed by atoms with Crippen molar-refractivity contribution in [2.45, 2.75) is 0 Å². The number of hydrogen-bond donors (Lipinski definition) is 0. The van der Waals surface area contributed by atoms with Crippen molar-refractivity contribution in [3.05, 3.63) is 212 Å². The van der Waals surface area contributed by atoms with Gasteiger partial charge in [-0.3, -0.25) is 0 Å². The lowest BCUT2D eigenvalue weighted by Gasteiger charge is -2.31. The Bertz CT molecular complexity index is 3580. The summed E-state index contributed by atoms with van der Waals surface area (Å²) in [6.45, 7) is 0. The molecule has 0 saturated carbocycles. The Labute approximate surface area is 345 Å². The molecule has 0 spiro atoms. The average Bonchev–Trinajstić information content (AvgIpc) is 3.88. The van der Waals surface area contributed by atoms with E-state index < -0.39 is 0 Å². The number of rotatable bonds is 6. The molecule has 12 aromatic rings. The van der Waals surface area contributed by atoms with Crippen molar-refractivity contribution < 1.29 is 4.42 Å². The van der Waals surface area contributed by atoms with Crippen LogP contribution < -0.4 is 4.90 Å². The molecule has 0 radical (unpaired) electrons. The van der Waals surface area contributed by atoms with Crippen molar-refractivity contribution in [1.29, 1.82) is 0 Å². The maximum Gasteiger partial charge on any atom is 0.136 e. The van der Waals surface area contributed by atoms with Gasteiger partial charge in [-0.05, 0) is 98.4 Å². The third-order valence-corrected chi connectivity index (χ3v) is 13.0. The SMILES string of the molecule is c1ccc(-c2ccc(-c3cc4ccccc4c4ccccc34)cc2N(c2ccccc2-c2ccc3c(c2)oc2ccccc23)c2cccc3sc4ccccc4c23)cc1. The molecule has 0 aliphatic carbocycles. The Morgan fingerprint density at radius 2 is 0.949 bits per heavy atom. The lowest BCUT2D eigenvalue weighted by Crippen LogP contribution is -2.13. The van der Waals surface area contributed by atoms with Gasteiger partial charge in [0, 0.05) is 42.1 Å². The van der Waals surface area contributed by atoms with Crippen LogP contribution in [0.5, 0.6) is 0 Å². The molecule has 0 atom stereocenters. The Morgan fingerprint density at radius 1 is 0.322 bits per heavy atom. The summed E-state index contributed by atoms with van der Waals surface area (Å²) in [5.74, 6) is 0. The molecule has 59 heavy (non-hydrogen) atoms. The second-order valence-corrected chi connectivity index (χ2v) is 16.3. The van der Waals surface area contributed by atoms with Crippen LogP contribution in [-0.4, -0.2) is 0 Å². The molecule has 0 unspecified atom stereocenters. The Morgan fingerprint density at radius 3 is 1.85 bits per heavy atom. The van der Waals surface area contributed by atoms with Gasteiger partial charge in [-0.25, -0.2) is 0 Å². The number of fused-ring (bicyclic) bond motifs is 9. The van der Waals surface area contributed by atoms with Crippen molar-refractivity contribution in [2.24, 2.45) is 0 Å². The summed E-state index contributed by atoms with van der Waals surface area (Å²) in [7, 11) is 0. The van der Waals surface area contributed by atoms with E-state index in [2.05, 4.69) is 205 Å². The van der Waals surface area contributed by atoms with Gasteiger partial charge in [0.1, 0.15) is 11.2 Å². The van der Waals surface area contributed by atoms with E-state index in [0.29, 0.717) is 0 Å². The van der Waals surface area contributed by atoms with E-state index in [1.54, 1.807) is 0 Å². The van der Waals surface area contributed by atoms with E-state index in [1.165, 1.54) is 47.3 Å². The summed E-state index contributed by atoms with van der Waals surface area (Å²) in [4.78, 5) is 2.52. The van der Waals surface area contributed by atoms with Gasteiger partial charge in [-0.1, -0.05) is 158 Å². The molecule has 3 heteroatoms. The molecule has 0 N–H and O–H groups in total. The molecular formula is C56H35NOS. The molecule has 2 nitrogen and oxygen atoms in total. The fraction of sp³-hybridized carbons (Fsp3) is 0. The minimum atomic E-state index is 0.881. The first-order valence-electron chi connectivity index (χ1n) is 20.1. The van der Waals surface area contributed by atoms with Gasteiger partial charge in [0.25, 0.3) is 0 Å². The number of anilines is 3. The number of benzene rings is 10. The number of furan rings is 1. The molecule has 0 aliphatic rings. The van der Waals surface area contributed by atoms with Gasteiger partial charge in [0.05, 0.1) is 17.1 Å². The van der Waals surface area contributed by atoms with Crippen molar-refractivity contribution in [3.8, 4) is 33.4 Å². The first-order valence-corrected chi connectivity index (χ1v) is 20.9. The molecule has 0 fully saturated rings. The van der Waals surface area contributed by atoms with Crippen LogP contribution in [0, 0.1) is 0 Å². The molecule has 0 amide bonds. The van der Waals surface area contributed by atoms with Gasteiger partial charge < -0.3 is 9.32 Å². The van der Waals surface area contributed by atoms with E-state index in [9.17, 15) is 0 Å². The lowest BCUT2D eigenvalue weighted by atomic mass is 9.91. The highest BCUT2D eigenvalue weighted by Gasteiger charge is 2.25. The van der Waals surface area contributed by atoms with Crippen LogP contribution in [0.15, 0.2) is 217 Å².